The lowest BCUT2D eigenvalue weighted by atomic mass is 9.87. The van der Waals surface area contributed by atoms with Gasteiger partial charge in [-0.15, -0.1) is 16.9 Å². The van der Waals surface area contributed by atoms with E-state index in [0.717, 1.165) is 23.0 Å². The van der Waals surface area contributed by atoms with E-state index in [9.17, 15) is 0 Å². The molecule has 1 heterocycles. The van der Waals surface area contributed by atoms with Crippen LogP contribution in [0.25, 0.3) is 0 Å². The maximum Gasteiger partial charge on any atom is 0.134 e. The maximum absolute atomic E-state index is 4.19. The number of thioether (sulfide) groups is 1. The molecule has 0 spiro atoms. The fourth-order valence-electron chi connectivity index (χ4n) is 1.80. The molecule has 0 aliphatic heterocycles. The fourth-order valence-corrected chi connectivity index (χ4v) is 3.37. The van der Waals surface area contributed by atoms with Gasteiger partial charge in [0.2, 0.25) is 0 Å². The monoisotopic (exact) mass is 307 g/mol. The predicted molar refractivity (Wildman–Crippen MR) is 88.8 cm³/mol. The van der Waals surface area contributed by atoms with Crippen molar-refractivity contribution in [2.24, 2.45) is 0 Å². The number of hydrogen-bond acceptors (Lipinski definition) is 5. The Hall–Kier alpha value is -1.07. The van der Waals surface area contributed by atoms with Crippen molar-refractivity contribution >= 4 is 28.3 Å². The third kappa shape index (κ3) is 3.96. The minimum absolute atomic E-state index is 0.209. The maximum atomic E-state index is 4.19. The van der Waals surface area contributed by atoms with Gasteiger partial charge in [0.05, 0.1) is 0 Å². The van der Waals surface area contributed by atoms with Gasteiger partial charge in [0.1, 0.15) is 10.7 Å². The zero-order chi connectivity index (χ0) is 14.6. The van der Waals surface area contributed by atoms with Gasteiger partial charge in [-0.3, -0.25) is 0 Å². The lowest BCUT2D eigenvalue weighted by molar-refractivity contribution is 0.590. The smallest absolute Gasteiger partial charge is 0.134 e. The highest BCUT2D eigenvalue weighted by Crippen LogP contribution is 2.29. The highest BCUT2D eigenvalue weighted by molar-refractivity contribution is 7.98. The average Bonchev–Trinajstić information content (AvgIpc) is 2.84. The molecule has 108 valence electrons. The molecular weight excluding hydrogens is 286 g/mol. The van der Waals surface area contributed by atoms with E-state index in [0.29, 0.717) is 0 Å². The van der Waals surface area contributed by atoms with Gasteiger partial charge in [0, 0.05) is 28.7 Å². The molecule has 2 aromatic rings. The number of nitrogens with one attached hydrogen (secondary N) is 1. The molecule has 0 fully saturated rings. The molecule has 20 heavy (non-hydrogen) atoms. The van der Waals surface area contributed by atoms with Crippen molar-refractivity contribution in [3.8, 4) is 0 Å². The minimum atomic E-state index is 0.209. The van der Waals surface area contributed by atoms with Gasteiger partial charge in [-0.2, -0.15) is 0 Å². The molecule has 0 atom stereocenters. The second-order valence-corrected chi connectivity index (χ2v) is 7.45. The Morgan fingerprint density at radius 2 is 1.90 bits per heavy atom. The molecule has 1 aromatic heterocycles. The van der Waals surface area contributed by atoms with Crippen LogP contribution >= 0.6 is 23.3 Å². The molecule has 0 aliphatic carbocycles. The summed E-state index contributed by atoms with van der Waals surface area (Å²) in [7, 11) is 0. The standard InChI is InChI=1S/C15H21N3S2/c1-5-16-14-13(17-18-20-14)10-19-12-8-6-11(7-9-12)15(2,3)4/h6-9,16H,5,10H2,1-4H3. The van der Waals surface area contributed by atoms with Crippen LogP contribution in [0.3, 0.4) is 0 Å². The number of hydrogen-bond donors (Lipinski definition) is 1. The van der Waals surface area contributed by atoms with Gasteiger partial charge in [-0.05, 0) is 30.0 Å². The summed E-state index contributed by atoms with van der Waals surface area (Å²) in [6, 6.07) is 8.82. The Labute approximate surface area is 129 Å². The van der Waals surface area contributed by atoms with Crippen molar-refractivity contribution < 1.29 is 0 Å². The van der Waals surface area contributed by atoms with E-state index in [2.05, 4.69) is 66.9 Å². The highest BCUT2D eigenvalue weighted by Gasteiger charge is 2.13. The quantitative estimate of drug-likeness (QED) is 0.822. The molecule has 0 saturated heterocycles. The highest BCUT2D eigenvalue weighted by atomic mass is 32.2. The van der Waals surface area contributed by atoms with Gasteiger partial charge in [0.25, 0.3) is 0 Å². The number of aromatic nitrogens is 2. The Morgan fingerprint density at radius 1 is 1.20 bits per heavy atom. The molecule has 5 heteroatoms. The number of anilines is 1. The lowest BCUT2D eigenvalue weighted by Gasteiger charge is -2.19. The van der Waals surface area contributed by atoms with E-state index in [4.69, 9.17) is 0 Å². The minimum Gasteiger partial charge on any atom is -0.374 e. The van der Waals surface area contributed by atoms with Crippen molar-refractivity contribution in [3.63, 3.8) is 0 Å². The van der Waals surface area contributed by atoms with Crippen LogP contribution < -0.4 is 5.32 Å². The third-order valence-electron chi connectivity index (χ3n) is 2.99. The summed E-state index contributed by atoms with van der Waals surface area (Å²) in [6.07, 6.45) is 0. The molecule has 0 radical (unpaired) electrons. The van der Waals surface area contributed by atoms with Crippen LogP contribution in [-0.4, -0.2) is 16.1 Å². The van der Waals surface area contributed by atoms with Gasteiger partial charge in [-0.1, -0.05) is 37.4 Å². The molecule has 3 nitrogen and oxygen atoms in total. The first kappa shape index (κ1) is 15.3. The third-order valence-corrected chi connectivity index (χ3v) is 4.74. The fraction of sp³-hybridized carbons (Fsp3) is 0.467. The SMILES string of the molecule is CCNc1snnc1CSc1ccc(C(C)(C)C)cc1. The molecule has 0 aliphatic rings. The van der Waals surface area contributed by atoms with Crippen LogP contribution in [0.4, 0.5) is 5.00 Å². The van der Waals surface area contributed by atoms with Crippen molar-refractivity contribution in [1.29, 1.82) is 0 Å². The zero-order valence-electron chi connectivity index (χ0n) is 12.4. The van der Waals surface area contributed by atoms with Crippen LogP contribution in [-0.2, 0) is 11.2 Å². The van der Waals surface area contributed by atoms with Crippen molar-refractivity contribution in [3.05, 3.63) is 35.5 Å². The summed E-state index contributed by atoms with van der Waals surface area (Å²) in [6.45, 7) is 9.69. The number of rotatable bonds is 5. The first-order valence-corrected chi connectivity index (χ1v) is 8.55. The van der Waals surface area contributed by atoms with Crippen LogP contribution in [0.15, 0.2) is 29.2 Å². The molecule has 0 amide bonds. The molecule has 0 unspecified atom stereocenters. The Morgan fingerprint density at radius 3 is 2.50 bits per heavy atom. The van der Waals surface area contributed by atoms with E-state index in [1.54, 1.807) is 11.8 Å². The lowest BCUT2D eigenvalue weighted by Crippen LogP contribution is -2.10. The van der Waals surface area contributed by atoms with Crippen LogP contribution in [0.1, 0.15) is 39.0 Å². The second kappa shape index (κ2) is 6.59. The molecule has 0 bridgehead atoms. The zero-order valence-corrected chi connectivity index (χ0v) is 14.1. The Bertz CT molecular complexity index is 541. The Balaban J connectivity index is 1.99. The van der Waals surface area contributed by atoms with Gasteiger partial charge in [0.15, 0.2) is 0 Å². The van der Waals surface area contributed by atoms with Crippen molar-refractivity contribution in [2.75, 3.05) is 11.9 Å². The molecule has 2 rings (SSSR count). The van der Waals surface area contributed by atoms with E-state index < -0.39 is 0 Å². The molecule has 1 N–H and O–H groups in total. The molecule has 0 saturated carbocycles. The van der Waals surface area contributed by atoms with E-state index in [1.165, 1.54) is 22.0 Å². The van der Waals surface area contributed by atoms with Crippen LogP contribution in [0, 0.1) is 0 Å². The van der Waals surface area contributed by atoms with Gasteiger partial charge < -0.3 is 5.32 Å². The predicted octanol–water partition coefficient (Wildman–Crippen LogP) is 4.56. The van der Waals surface area contributed by atoms with Gasteiger partial charge >= 0.3 is 0 Å². The van der Waals surface area contributed by atoms with Crippen LogP contribution in [0.5, 0.6) is 0 Å². The summed E-state index contributed by atoms with van der Waals surface area (Å²) in [5.74, 6) is 0.855. The number of benzene rings is 1. The number of nitrogens with zero attached hydrogens (tertiary/aromatic N) is 2. The first-order valence-electron chi connectivity index (χ1n) is 6.79. The largest absolute Gasteiger partial charge is 0.374 e. The van der Waals surface area contributed by atoms with Crippen LogP contribution in [0.2, 0.25) is 0 Å². The Kier molecular flexibility index (Phi) is 5.05. The van der Waals surface area contributed by atoms with Crippen molar-refractivity contribution in [1.82, 2.24) is 9.59 Å². The summed E-state index contributed by atoms with van der Waals surface area (Å²) in [5, 5.41) is 8.58. The summed E-state index contributed by atoms with van der Waals surface area (Å²) < 4.78 is 4.02. The van der Waals surface area contributed by atoms with E-state index in [1.807, 2.05) is 0 Å². The summed E-state index contributed by atoms with van der Waals surface area (Å²) >= 11 is 3.23. The van der Waals surface area contributed by atoms with Gasteiger partial charge in [-0.25, -0.2) is 0 Å². The summed E-state index contributed by atoms with van der Waals surface area (Å²) in [5.41, 5.74) is 2.62. The van der Waals surface area contributed by atoms with Crippen molar-refractivity contribution in [2.45, 2.75) is 43.8 Å². The molecular formula is C15H21N3S2. The normalized spacial score (nSPS) is 11.6. The van der Waals surface area contributed by atoms with E-state index in [-0.39, 0.29) is 5.41 Å². The topological polar surface area (TPSA) is 37.8 Å². The molecule has 1 aromatic carbocycles. The summed E-state index contributed by atoms with van der Waals surface area (Å²) in [4.78, 5) is 1.27. The average molecular weight is 307 g/mol. The van der Waals surface area contributed by atoms with E-state index >= 15 is 0 Å². The second-order valence-electron chi connectivity index (χ2n) is 5.64. The first-order chi connectivity index (χ1) is 9.50.